The molecule has 0 spiro atoms. The first-order valence-electron chi connectivity index (χ1n) is 7.05. The van der Waals surface area contributed by atoms with E-state index in [9.17, 15) is 0 Å². The Labute approximate surface area is 140 Å². The van der Waals surface area contributed by atoms with Crippen LogP contribution in [0.15, 0.2) is 53.5 Å². The molecule has 1 aliphatic heterocycles. The summed E-state index contributed by atoms with van der Waals surface area (Å²) in [6.07, 6.45) is 0. The summed E-state index contributed by atoms with van der Waals surface area (Å²) in [5, 5.41) is 9.10. The molecular formula is C18H17ClN4. The van der Waals surface area contributed by atoms with Gasteiger partial charge in [0.15, 0.2) is 5.82 Å². The maximum atomic E-state index is 6.23. The lowest BCUT2D eigenvalue weighted by atomic mass is 10.0. The summed E-state index contributed by atoms with van der Waals surface area (Å²) < 4.78 is 2.05. The molecule has 0 atom stereocenters. The summed E-state index contributed by atoms with van der Waals surface area (Å²) in [4.78, 5) is 4.77. The van der Waals surface area contributed by atoms with Gasteiger partial charge in [-0.2, -0.15) is 0 Å². The fourth-order valence-corrected chi connectivity index (χ4v) is 2.96. The maximum Gasteiger partial charge on any atom is 0.159 e. The van der Waals surface area contributed by atoms with Gasteiger partial charge < -0.3 is 0 Å². The summed E-state index contributed by atoms with van der Waals surface area (Å²) >= 11 is 6.23. The molecule has 5 heteroatoms. The third-order valence-electron chi connectivity index (χ3n) is 3.77. The first-order chi connectivity index (χ1) is 10.7. The Morgan fingerprint density at radius 2 is 1.83 bits per heavy atom. The Morgan fingerprint density at radius 3 is 2.61 bits per heavy atom. The van der Waals surface area contributed by atoms with Crippen LogP contribution in [-0.4, -0.2) is 20.5 Å². The average molecular weight is 325 g/mol. The van der Waals surface area contributed by atoms with E-state index in [1.807, 2.05) is 47.9 Å². The number of halogens is 1. The van der Waals surface area contributed by atoms with E-state index in [2.05, 4.69) is 22.3 Å². The predicted molar refractivity (Wildman–Crippen MR) is 93.6 cm³/mol. The van der Waals surface area contributed by atoms with Crippen LogP contribution >= 0.6 is 11.6 Å². The fourth-order valence-electron chi connectivity index (χ4n) is 2.79. The molecule has 0 fully saturated rings. The van der Waals surface area contributed by atoms with Crippen LogP contribution in [0.5, 0.6) is 0 Å². The van der Waals surface area contributed by atoms with Gasteiger partial charge in [-0.15, -0.1) is 10.2 Å². The number of nitrogens with zero attached hydrogens (tertiary/aromatic N) is 4. The topological polar surface area (TPSA) is 43.1 Å². The highest BCUT2D eigenvalue weighted by Gasteiger charge is 2.21. The number of hydrogen-bond acceptors (Lipinski definition) is 3. The van der Waals surface area contributed by atoms with E-state index >= 15 is 0 Å². The van der Waals surface area contributed by atoms with Crippen LogP contribution in [-0.2, 0) is 6.54 Å². The average Bonchev–Trinajstić information content (AvgIpc) is 2.82. The molecule has 0 unspecified atom stereocenters. The number of rotatable bonds is 1. The van der Waals surface area contributed by atoms with Crippen LogP contribution in [0.3, 0.4) is 0 Å². The Balaban J connectivity index is 0.00000156. The molecule has 0 radical (unpaired) electrons. The first-order valence-corrected chi connectivity index (χ1v) is 7.43. The minimum absolute atomic E-state index is 0. The molecule has 0 saturated heterocycles. The highest BCUT2D eigenvalue weighted by molar-refractivity contribution is 6.31. The van der Waals surface area contributed by atoms with E-state index in [1.54, 1.807) is 0 Å². The zero-order chi connectivity index (χ0) is 15.1. The normalized spacial score (nSPS) is 12.5. The van der Waals surface area contributed by atoms with Crippen LogP contribution < -0.4 is 0 Å². The first kappa shape index (κ1) is 15.4. The fraction of sp³-hybridized carbons (Fsp3) is 0.167. The molecule has 23 heavy (non-hydrogen) atoms. The maximum absolute atomic E-state index is 6.23. The molecule has 0 N–H and O–H groups in total. The van der Waals surface area contributed by atoms with Gasteiger partial charge in [0.25, 0.3) is 0 Å². The van der Waals surface area contributed by atoms with Crippen LogP contribution in [0.2, 0.25) is 5.02 Å². The summed E-state index contributed by atoms with van der Waals surface area (Å²) in [6.45, 7) is 2.44. The van der Waals surface area contributed by atoms with Gasteiger partial charge in [-0.25, -0.2) is 0 Å². The van der Waals surface area contributed by atoms with Crippen LogP contribution in [0, 0.1) is 6.92 Å². The van der Waals surface area contributed by atoms with E-state index in [1.165, 1.54) is 0 Å². The van der Waals surface area contributed by atoms with E-state index in [0.717, 1.165) is 34.2 Å². The van der Waals surface area contributed by atoms with Crippen molar-refractivity contribution in [1.82, 2.24) is 14.8 Å². The van der Waals surface area contributed by atoms with Crippen molar-refractivity contribution in [1.29, 1.82) is 0 Å². The van der Waals surface area contributed by atoms with E-state index in [4.69, 9.17) is 16.6 Å². The van der Waals surface area contributed by atoms with Crippen LogP contribution in [0.25, 0.3) is 5.69 Å². The second-order valence-corrected chi connectivity index (χ2v) is 5.63. The largest absolute Gasteiger partial charge is 0.281 e. The molecule has 1 aliphatic rings. The number of aromatic nitrogens is 3. The summed E-state index contributed by atoms with van der Waals surface area (Å²) in [5.74, 6) is 1.69. The van der Waals surface area contributed by atoms with Gasteiger partial charge in [0.05, 0.1) is 11.4 Å². The number of benzene rings is 2. The van der Waals surface area contributed by atoms with Crippen molar-refractivity contribution in [3.63, 3.8) is 0 Å². The van der Waals surface area contributed by atoms with E-state index in [0.29, 0.717) is 11.6 Å². The van der Waals surface area contributed by atoms with Crippen LogP contribution in [0.1, 0.15) is 30.2 Å². The molecule has 2 heterocycles. The molecule has 116 valence electrons. The van der Waals surface area contributed by atoms with Crippen LogP contribution in [0.4, 0.5) is 0 Å². The Hall–Kier alpha value is -2.46. The van der Waals surface area contributed by atoms with Gasteiger partial charge in [0.2, 0.25) is 0 Å². The minimum Gasteiger partial charge on any atom is -0.281 e. The zero-order valence-corrected chi connectivity index (χ0v) is 12.7. The zero-order valence-electron chi connectivity index (χ0n) is 12.0. The van der Waals surface area contributed by atoms with Crippen molar-refractivity contribution >= 4 is 17.3 Å². The lowest BCUT2D eigenvalue weighted by molar-refractivity contribution is 0.862. The van der Waals surface area contributed by atoms with Gasteiger partial charge in [0, 0.05) is 16.1 Å². The SMILES string of the molecule is C.Cc1nnc2n1-c1ccc(Cl)cc1C(c1ccccc1)=NC2. The van der Waals surface area contributed by atoms with Crippen molar-refractivity contribution < 1.29 is 0 Å². The van der Waals surface area contributed by atoms with Crippen molar-refractivity contribution in [2.24, 2.45) is 4.99 Å². The summed E-state index contributed by atoms with van der Waals surface area (Å²) in [6, 6.07) is 16.0. The Morgan fingerprint density at radius 1 is 1.04 bits per heavy atom. The highest BCUT2D eigenvalue weighted by Crippen LogP contribution is 2.27. The highest BCUT2D eigenvalue weighted by atomic mass is 35.5. The predicted octanol–water partition coefficient (Wildman–Crippen LogP) is 4.22. The molecule has 1 aromatic heterocycles. The van der Waals surface area contributed by atoms with Gasteiger partial charge in [-0.05, 0) is 25.1 Å². The third kappa shape index (κ3) is 2.55. The second-order valence-electron chi connectivity index (χ2n) is 5.19. The van der Waals surface area contributed by atoms with Crippen molar-refractivity contribution in [3.05, 3.63) is 76.3 Å². The van der Waals surface area contributed by atoms with E-state index in [-0.39, 0.29) is 7.43 Å². The van der Waals surface area contributed by atoms with Gasteiger partial charge >= 0.3 is 0 Å². The third-order valence-corrected chi connectivity index (χ3v) is 4.01. The molecule has 0 amide bonds. The number of aliphatic imine (C=N–C) groups is 1. The molecule has 0 saturated carbocycles. The molecule has 3 aromatic rings. The standard InChI is InChI=1S/C17H13ClN4.CH4/c1-11-20-21-16-10-19-17(12-5-3-2-4-6-12)14-9-13(18)7-8-15(14)22(11)16;/h2-9H,10H2,1H3;1H4. The quantitative estimate of drug-likeness (QED) is 0.672. The van der Waals surface area contributed by atoms with Gasteiger partial charge in [-0.1, -0.05) is 49.4 Å². The molecule has 2 aromatic carbocycles. The minimum atomic E-state index is 0. The summed E-state index contributed by atoms with van der Waals surface area (Å²) in [5.41, 5.74) is 4.02. The van der Waals surface area contributed by atoms with Gasteiger partial charge in [-0.3, -0.25) is 9.56 Å². The van der Waals surface area contributed by atoms with Crippen molar-refractivity contribution in [3.8, 4) is 5.69 Å². The van der Waals surface area contributed by atoms with Crippen molar-refractivity contribution in [2.45, 2.75) is 20.9 Å². The van der Waals surface area contributed by atoms with Gasteiger partial charge in [0.1, 0.15) is 12.4 Å². The van der Waals surface area contributed by atoms with Crippen molar-refractivity contribution in [2.75, 3.05) is 0 Å². The molecule has 4 nitrogen and oxygen atoms in total. The Kier molecular flexibility index (Phi) is 4.01. The lowest BCUT2D eigenvalue weighted by Crippen LogP contribution is -2.08. The molecular weight excluding hydrogens is 308 g/mol. The number of fused-ring (bicyclic) bond motifs is 3. The Bertz CT molecular complexity index is 881. The second kappa shape index (κ2) is 5.97. The molecule has 0 aliphatic carbocycles. The number of hydrogen-bond donors (Lipinski definition) is 0. The smallest absolute Gasteiger partial charge is 0.159 e. The lowest BCUT2D eigenvalue weighted by Gasteiger charge is -2.12. The summed E-state index contributed by atoms with van der Waals surface area (Å²) in [7, 11) is 0. The number of aryl methyl sites for hydroxylation is 1. The molecule has 0 bridgehead atoms. The molecule has 4 rings (SSSR count). The van der Waals surface area contributed by atoms with E-state index < -0.39 is 0 Å². The monoisotopic (exact) mass is 324 g/mol.